The molecule has 0 aliphatic carbocycles. The fourth-order valence-corrected chi connectivity index (χ4v) is 2.52. The molecule has 0 aliphatic heterocycles. The summed E-state index contributed by atoms with van der Waals surface area (Å²) in [5.41, 5.74) is -5.55. The van der Waals surface area contributed by atoms with Crippen LogP contribution in [0.5, 0.6) is 11.6 Å². The van der Waals surface area contributed by atoms with E-state index in [9.17, 15) is 27.2 Å². The summed E-state index contributed by atoms with van der Waals surface area (Å²) >= 11 is 11.5. The monoisotopic (exact) mass is 451 g/mol. The summed E-state index contributed by atoms with van der Waals surface area (Å²) in [6.07, 6.45) is -5.08. The zero-order valence-electron chi connectivity index (χ0n) is 13.7. The Bertz CT molecular complexity index is 1210. The van der Waals surface area contributed by atoms with Gasteiger partial charge in [0.05, 0.1) is 10.7 Å². The third kappa shape index (κ3) is 4.03. The SMILES string of the molecule is Nn1c(C(F)(F)F)cc(=O)n(-c2cc(Oc3ccc(Cl)nn3)c(Cl)cc2F)c1=O. The number of aromatic nitrogens is 4. The maximum Gasteiger partial charge on any atom is 0.433 e. The highest BCUT2D eigenvalue weighted by atomic mass is 35.5. The van der Waals surface area contributed by atoms with Gasteiger partial charge < -0.3 is 10.6 Å². The van der Waals surface area contributed by atoms with Crippen LogP contribution < -0.4 is 21.8 Å². The van der Waals surface area contributed by atoms with E-state index in [2.05, 4.69) is 10.2 Å². The van der Waals surface area contributed by atoms with Crippen molar-refractivity contribution < 1.29 is 22.3 Å². The van der Waals surface area contributed by atoms with Crippen molar-refractivity contribution in [2.45, 2.75) is 6.18 Å². The molecule has 2 N–H and O–H groups in total. The molecule has 0 amide bonds. The quantitative estimate of drug-likeness (QED) is 0.484. The number of nitrogens with two attached hydrogens (primary N) is 1. The summed E-state index contributed by atoms with van der Waals surface area (Å²) < 4.78 is 58.1. The number of halogens is 6. The van der Waals surface area contributed by atoms with Crippen LogP contribution in [0, 0.1) is 5.82 Å². The van der Waals surface area contributed by atoms with Crippen LogP contribution in [-0.4, -0.2) is 19.4 Å². The van der Waals surface area contributed by atoms with Crippen molar-refractivity contribution in [3.8, 4) is 17.3 Å². The van der Waals surface area contributed by atoms with Gasteiger partial charge in [-0.3, -0.25) is 4.79 Å². The van der Waals surface area contributed by atoms with Crippen LogP contribution in [-0.2, 0) is 6.18 Å². The van der Waals surface area contributed by atoms with Gasteiger partial charge in [-0.15, -0.1) is 10.2 Å². The van der Waals surface area contributed by atoms with Crippen molar-refractivity contribution in [3.63, 3.8) is 0 Å². The van der Waals surface area contributed by atoms with Gasteiger partial charge >= 0.3 is 11.9 Å². The Morgan fingerprint density at radius 3 is 2.34 bits per heavy atom. The first kappa shape index (κ1) is 20.6. The molecule has 0 spiro atoms. The third-order valence-electron chi connectivity index (χ3n) is 3.49. The number of hydrogen-bond donors (Lipinski definition) is 1. The molecule has 0 fully saturated rings. The lowest BCUT2D eigenvalue weighted by atomic mass is 10.2. The van der Waals surface area contributed by atoms with Crippen molar-refractivity contribution in [3.05, 3.63) is 72.9 Å². The van der Waals surface area contributed by atoms with Crippen molar-refractivity contribution >= 4 is 23.2 Å². The highest BCUT2D eigenvalue weighted by molar-refractivity contribution is 6.32. The summed E-state index contributed by atoms with van der Waals surface area (Å²) in [5.74, 6) is 3.56. The van der Waals surface area contributed by atoms with Gasteiger partial charge in [-0.2, -0.15) is 13.2 Å². The molecule has 14 heteroatoms. The van der Waals surface area contributed by atoms with E-state index in [1.54, 1.807) is 0 Å². The summed E-state index contributed by atoms with van der Waals surface area (Å²) in [4.78, 5) is 24.3. The highest BCUT2D eigenvalue weighted by Gasteiger charge is 2.36. The van der Waals surface area contributed by atoms with E-state index in [1.165, 1.54) is 12.1 Å². The lowest BCUT2D eigenvalue weighted by molar-refractivity contribution is -0.143. The fourth-order valence-electron chi connectivity index (χ4n) is 2.24. The van der Waals surface area contributed by atoms with E-state index < -0.39 is 34.6 Å². The van der Waals surface area contributed by atoms with Crippen LogP contribution in [0.4, 0.5) is 17.6 Å². The first-order valence-electron chi connectivity index (χ1n) is 7.37. The standard InChI is InChI=1S/C15H7Cl2F4N5O3/c16-6-3-7(18)8(4-9(6)29-12-2-1-11(17)23-24-12)25-13(27)5-10(15(19,20)21)26(22)14(25)28/h1-5H,22H2. The molecular formula is C15H7Cl2F4N5O3. The minimum atomic E-state index is -5.08. The first-order valence-corrected chi connectivity index (χ1v) is 8.12. The molecular weight excluding hydrogens is 445 g/mol. The van der Waals surface area contributed by atoms with E-state index in [-0.39, 0.29) is 37.1 Å². The Morgan fingerprint density at radius 2 is 1.76 bits per heavy atom. The largest absolute Gasteiger partial charge is 0.436 e. The van der Waals surface area contributed by atoms with Gasteiger partial charge in [0.25, 0.3) is 5.56 Å². The van der Waals surface area contributed by atoms with Crippen LogP contribution in [0.2, 0.25) is 10.2 Å². The number of benzene rings is 1. The van der Waals surface area contributed by atoms with Crippen molar-refractivity contribution in [2.24, 2.45) is 0 Å². The molecule has 8 nitrogen and oxygen atoms in total. The average Bonchev–Trinajstić information content (AvgIpc) is 2.62. The van der Waals surface area contributed by atoms with Gasteiger partial charge in [0, 0.05) is 18.2 Å². The second-order valence-corrected chi connectivity index (χ2v) is 6.18. The summed E-state index contributed by atoms with van der Waals surface area (Å²) in [6, 6.07) is 4.20. The summed E-state index contributed by atoms with van der Waals surface area (Å²) in [5, 5.41) is 6.89. The molecule has 3 aromatic rings. The number of nitrogens with zero attached hydrogens (tertiary/aromatic N) is 4. The van der Waals surface area contributed by atoms with E-state index in [4.69, 9.17) is 33.8 Å². The molecule has 0 radical (unpaired) electrons. The van der Waals surface area contributed by atoms with Crippen molar-refractivity contribution in [2.75, 3.05) is 5.84 Å². The van der Waals surface area contributed by atoms with Crippen molar-refractivity contribution in [1.82, 2.24) is 19.4 Å². The number of alkyl halides is 3. The molecule has 2 heterocycles. The van der Waals surface area contributed by atoms with E-state index in [0.29, 0.717) is 6.07 Å². The summed E-state index contributed by atoms with van der Waals surface area (Å²) in [6.45, 7) is 0. The fraction of sp³-hybridized carbons (Fsp3) is 0.0667. The second kappa shape index (κ2) is 7.37. The van der Waals surface area contributed by atoms with Gasteiger partial charge in [0.2, 0.25) is 5.88 Å². The maximum atomic E-state index is 14.4. The second-order valence-electron chi connectivity index (χ2n) is 5.38. The minimum absolute atomic E-state index is 0.0562. The Labute approximate surface area is 167 Å². The highest BCUT2D eigenvalue weighted by Crippen LogP contribution is 2.32. The van der Waals surface area contributed by atoms with E-state index in [0.717, 1.165) is 6.07 Å². The molecule has 0 bridgehead atoms. The molecule has 2 aromatic heterocycles. The predicted molar refractivity (Wildman–Crippen MR) is 93.5 cm³/mol. The lowest BCUT2D eigenvalue weighted by Gasteiger charge is -2.15. The zero-order chi connectivity index (χ0) is 21.5. The van der Waals surface area contributed by atoms with Crippen LogP contribution in [0.25, 0.3) is 5.69 Å². The molecule has 0 unspecified atom stereocenters. The predicted octanol–water partition coefficient (Wildman–Crippen LogP) is 2.76. The number of nitrogen functional groups attached to an aromatic ring is 1. The molecule has 29 heavy (non-hydrogen) atoms. The topological polar surface area (TPSA) is 105 Å². The van der Waals surface area contributed by atoms with Crippen LogP contribution in [0.3, 0.4) is 0 Å². The van der Waals surface area contributed by atoms with Crippen LogP contribution in [0.1, 0.15) is 5.69 Å². The minimum Gasteiger partial charge on any atom is -0.436 e. The van der Waals surface area contributed by atoms with E-state index in [1.807, 2.05) is 0 Å². The van der Waals surface area contributed by atoms with Gasteiger partial charge in [0.15, 0.2) is 10.8 Å². The average molecular weight is 452 g/mol. The first-order chi connectivity index (χ1) is 13.5. The zero-order valence-corrected chi connectivity index (χ0v) is 15.3. The third-order valence-corrected chi connectivity index (χ3v) is 3.99. The Hall–Kier alpha value is -3.12. The molecule has 1 aromatic carbocycles. The maximum absolute atomic E-state index is 14.4. The molecule has 0 atom stereocenters. The van der Waals surface area contributed by atoms with Crippen molar-refractivity contribution in [1.29, 1.82) is 0 Å². The molecule has 3 rings (SSSR count). The molecule has 0 saturated heterocycles. The number of ether oxygens (including phenoxy) is 1. The Kier molecular flexibility index (Phi) is 5.24. The molecule has 0 saturated carbocycles. The van der Waals surface area contributed by atoms with Gasteiger partial charge in [0.1, 0.15) is 11.6 Å². The Balaban J connectivity index is 2.17. The summed E-state index contributed by atoms with van der Waals surface area (Å²) in [7, 11) is 0. The van der Waals surface area contributed by atoms with Crippen LogP contribution in [0.15, 0.2) is 39.9 Å². The van der Waals surface area contributed by atoms with Crippen LogP contribution >= 0.6 is 23.2 Å². The molecule has 0 aliphatic rings. The smallest absolute Gasteiger partial charge is 0.433 e. The number of rotatable bonds is 3. The van der Waals surface area contributed by atoms with Gasteiger partial charge in [-0.05, 0) is 12.1 Å². The lowest BCUT2D eigenvalue weighted by Crippen LogP contribution is -2.45. The normalized spacial score (nSPS) is 11.5. The van der Waals surface area contributed by atoms with Gasteiger partial charge in [-0.25, -0.2) is 18.4 Å². The molecule has 152 valence electrons. The van der Waals surface area contributed by atoms with E-state index >= 15 is 0 Å². The Morgan fingerprint density at radius 1 is 1.07 bits per heavy atom. The van der Waals surface area contributed by atoms with Gasteiger partial charge in [-0.1, -0.05) is 23.2 Å². The number of hydrogen-bond acceptors (Lipinski definition) is 6.